The largest absolute Gasteiger partial charge is 0.351 e. The zero-order chi connectivity index (χ0) is 17.6. The summed E-state index contributed by atoms with van der Waals surface area (Å²) in [5.74, 6) is 0.550. The zero-order valence-corrected chi connectivity index (χ0v) is 14.4. The molecule has 2 heterocycles. The van der Waals surface area contributed by atoms with Crippen LogP contribution in [0.15, 0.2) is 61.2 Å². The Labute approximate surface area is 151 Å². The molecular weight excluding hydrogens is 336 g/mol. The van der Waals surface area contributed by atoms with Crippen LogP contribution in [0.1, 0.15) is 28.8 Å². The van der Waals surface area contributed by atoms with Crippen molar-refractivity contribution in [3.05, 3.63) is 77.3 Å². The summed E-state index contributed by atoms with van der Waals surface area (Å²) < 4.78 is 0. The van der Waals surface area contributed by atoms with E-state index in [9.17, 15) is 4.79 Å². The normalized spacial score (nSPS) is 11.8. The van der Waals surface area contributed by atoms with Gasteiger partial charge in [0.25, 0.3) is 5.91 Å². The number of nitrogens with one attached hydrogen (secondary N) is 1. The van der Waals surface area contributed by atoms with Gasteiger partial charge in [0.15, 0.2) is 5.82 Å². The van der Waals surface area contributed by atoms with Gasteiger partial charge in [0.2, 0.25) is 0 Å². The Bertz CT molecular complexity index is 836. The molecule has 0 radical (unpaired) electrons. The SMILES string of the molecule is C[C@@H](CNC(=O)c1cnc(-c2ccncc2)nc1)c1ccc(Cl)cc1. The molecule has 5 nitrogen and oxygen atoms in total. The Morgan fingerprint density at radius 2 is 1.72 bits per heavy atom. The molecule has 2 aromatic heterocycles. The second-order valence-electron chi connectivity index (χ2n) is 5.69. The first-order valence-corrected chi connectivity index (χ1v) is 8.27. The number of pyridine rings is 1. The van der Waals surface area contributed by atoms with Crippen LogP contribution >= 0.6 is 11.6 Å². The Hall–Kier alpha value is -2.79. The number of nitrogens with zero attached hydrogens (tertiary/aromatic N) is 3. The lowest BCUT2D eigenvalue weighted by Gasteiger charge is -2.13. The summed E-state index contributed by atoms with van der Waals surface area (Å²) in [5, 5.41) is 3.61. The molecule has 0 aliphatic heterocycles. The summed E-state index contributed by atoms with van der Waals surface area (Å²) in [6.07, 6.45) is 6.42. The first-order valence-electron chi connectivity index (χ1n) is 7.89. The minimum atomic E-state index is -0.193. The molecule has 0 saturated heterocycles. The third kappa shape index (κ3) is 4.39. The molecule has 126 valence electrons. The van der Waals surface area contributed by atoms with E-state index in [0.717, 1.165) is 11.1 Å². The fourth-order valence-corrected chi connectivity index (χ4v) is 2.48. The fraction of sp³-hybridized carbons (Fsp3) is 0.158. The van der Waals surface area contributed by atoms with Crippen molar-refractivity contribution in [3.63, 3.8) is 0 Å². The van der Waals surface area contributed by atoms with Crippen LogP contribution in [-0.2, 0) is 0 Å². The van der Waals surface area contributed by atoms with Crippen LogP contribution in [0, 0.1) is 0 Å². The number of halogens is 1. The standard InChI is InChI=1S/C19H17ClN4O/c1-13(14-2-4-17(20)5-3-14)10-24-19(25)16-11-22-18(23-12-16)15-6-8-21-9-7-15/h2-9,11-13H,10H2,1H3,(H,24,25)/t13-/m0/s1. The molecular formula is C19H17ClN4O. The average Bonchev–Trinajstić information content (AvgIpc) is 2.67. The summed E-state index contributed by atoms with van der Waals surface area (Å²) >= 11 is 5.89. The Kier molecular flexibility index (Phi) is 5.36. The summed E-state index contributed by atoms with van der Waals surface area (Å²) in [5.41, 5.74) is 2.41. The molecule has 0 fully saturated rings. The Morgan fingerprint density at radius 1 is 1.08 bits per heavy atom. The third-order valence-corrected chi connectivity index (χ3v) is 4.11. The molecule has 0 aliphatic carbocycles. The molecule has 25 heavy (non-hydrogen) atoms. The lowest BCUT2D eigenvalue weighted by molar-refractivity contribution is 0.0951. The van der Waals surface area contributed by atoms with Gasteiger partial charge in [-0.05, 0) is 35.7 Å². The van der Waals surface area contributed by atoms with Gasteiger partial charge >= 0.3 is 0 Å². The first-order chi connectivity index (χ1) is 12.1. The van der Waals surface area contributed by atoms with Crippen LogP contribution in [0.4, 0.5) is 0 Å². The van der Waals surface area contributed by atoms with E-state index in [-0.39, 0.29) is 11.8 Å². The van der Waals surface area contributed by atoms with E-state index in [1.54, 1.807) is 12.4 Å². The molecule has 3 rings (SSSR count). The topological polar surface area (TPSA) is 67.8 Å². The van der Waals surface area contributed by atoms with E-state index in [2.05, 4.69) is 20.3 Å². The third-order valence-electron chi connectivity index (χ3n) is 3.86. The lowest BCUT2D eigenvalue weighted by atomic mass is 10.0. The molecule has 3 aromatic rings. The van der Waals surface area contributed by atoms with Crippen LogP contribution < -0.4 is 5.32 Å². The number of amides is 1. The summed E-state index contributed by atoms with van der Waals surface area (Å²) in [7, 11) is 0. The quantitative estimate of drug-likeness (QED) is 0.759. The summed E-state index contributed by atoms with van der Waals surface area (Å²) in [4.78, 5) is 24.7. The number of carbonyl (C=O) groups excluding carboxylic acids is 1. The molecule has 1 N–H and O–H groups in total. The maximum atomic E-state index is 12.3. The van der Waals surface area contributed by atoms with Gasteiger partial charge < -0.3 is 5.32 Å². The van der Waals surface area contributed by atoms with Gasteiger partial charge in [-0.25, -0.2) is 9.97 Å². The minimum absolute atomic E-state index is 0.179. The lowest BCUT2D eigenvalue weighted by Crippen LogP contribution is -2.27. The van der Waals surface area contributed by atoms with Crippen molar-refractivity contribution < 1.29 is 4.79 Å². The Morgan fingerprint density at radius 3 is 2.36 bits per heavy atom. The van der Waals surface area contributed by atoms with Crippen LogP contribution in [-0.4, -0.2) is 27.4 Å². The Balaban J connectivity index is 1.60. The molecule has 1 atom stereocenters. The van der Waals surface area contributed by atoms with E-state index in [1.807, 2.05) is 43.3 Å². The summed E-state index contributed by atoms with van der Waals surface area (Å²) in [6, 6.07) is 11.3. The fourth-order valence-electron chi connectivity index (χ4n) is 2.35. The van der Waals surface area contributed by atoms with E-state index < -0.39 is 0 Å². The highest BCUT2D eigenvalue weighted by Crippen LogP contribution is 2.17. The molecule has 1 amide bonds. The number of hydrogen-bond donors (Lipinski definition) is 1. The molecule has 6 heteroatoms. The van der Waals surface area contributed by atoms with Crippen molar-refractivity contribution in [2.24, 2.45) is 0 Å². The highest BCUT2D eigenvalue weighted by molar-refractivity contribution is 6.30. The van der Waals surface area contributed by atoms with Gasteiger partial charge in [-0.3, -0.25) is 9.78 Å². The highest BCUT2D eigenvalue weighted by atomic mass is 35.5. The van der Waals surface area contributed by atoms with E-state index in [4.69, 9.17) is 11.6 Å². The summed E-state index contributed by atoms with van der Waals surface area (Å²) in [6.45, 7) is 2.57. The van der Waals surface area contributed by atoms with Gasteiger partial charge in [0, 0.05) is 41.9 Å². The average molecular weight is 353 g/mol. The second-order valence-corrected chi connectivity index (χ2v) is 6.13. The predicted molar refractivity (Wildman–Crippen MR) is 97.5 cm³/mol. The number of aromatic nitrogens is 3. The van der Waals surface area contributed by atoms with Crippen molar-refractivity contribution in [1.82, 2.24) is 20.3 Å². The number of carbonyl (C=O) groups is 1. The molecule has 0 bridgehead atoms. The predicted octanol–water partition coefficient (Wildman–Crippen LogP) is 3.73. The smallest absolute Gasteiger partial charge is 0.254 e. The maximum Gasteiger partial charge on any atom is 0.254 e. The van der Waals surface area contributed by atoms with Crippen molar-refractivity contribution in [2.75, 3.05) is 6.54 Å². The van der Waals surface area contributed by atoms with Gasteiger partial charge in [-0.2, -0.15) is 0 Å². The van der Waals surface area contributed by atoms with Gasteiger partial charge in [0.05, 0.1) is 5.56 Å². The number of rotatable bonds is 5. The van der Waals surface area contributed by atoms with Crippen LogP contribution in [0.2, 0.25) is 5.02 Å². The highest BCUT2D eigenvalue weighted by Gasteiger charge is 2.11. The maximum absolute atomic E-state index is 12.3. The second kappa shape index (κ2) is 7.85. The van der Waals surface area contributed by atoms with Crippen LogP contribution in [0.25, 0.3) is 11.4 Å². The van der Waals surface area contributed by atoms with E-state index in [0.29, 0.717) is 23.0 Å². The molecule has 0 unspecified atom stereocenters. The van der Waals surface area contributed by atoms with Crippen molar-refractivity contribution >= 4 is 17.5 Å². The zero-order valence-electron chi connectivity index (χ0n) is 13.7. The van der Waals surface area contributed by atoms with E-state index in [1.165, 1.54) is 12.4 Å². The van der Waals surface area contributed by atoms with Gasteiger partial charge in [-0.1, -0.05) is 30.7 Å². The first kappa shape index (κ1) is 17.0. The van der Waals surface area contributed by atoms with Gasteiger partial charge in [-0.15, -0.1) is 0 Å². The van der Waals surface area contributed by atoms with Crippen molar-refractivity contribution in [1.29, 1.82) is 0 Å². The van der Waals surface area contributed by atoms with E-state index >= 15 is 0 Å². The molecule has 1 aromatic carbocycles. The van der Waals surface area contributed by atoms with Crippen molar-refractivity contribution in [2.45, 2.75) is 12.8 Å². The molecule has 0 saturated carbocycles. The number of benzene rings is 1. The van der Waals surface area contributed by atoms with Gasteiger partial charge in [0.1, 0.15) is 0 Å². The van der Waals surface area contributed by atoms with Crippen LogP contribution in [0.3, 0.4) is 0 Å². The molecule has 0 aliphatic rings. The minimum Gasteiger partial charge on any atom is -0.351 e. The van der Waals surface area contributed by atoms with Crippen molar-refractivity contribution in [3.8, 4) is 11.4 Å². The number of hydrogen-bond acceptors (Lipinski definition) is 4. The van der Waals surface area contributed by atoms with Crippen LogP contribution in [0.5, 0.6) is 0 Å². The monoisotopic (exact) mass is 352 g/mol. The molecule has 0 spiro atoms.